The average molecular weight is 232 g/mol. The van der Waals surface area contributed by atoms with E-state index in [-0.39, 0.29) is 5.91 Å². The lowest BCUT2D eigenvalue weighted by Gasteiger charge is -2.25. The first-order valence-electron chi connectivity index (χ1n) is 6.26. The number of nitrogens with zero attached hydrogens (tertiary/aromatic N) is 1. The Bertz CT molecular complexity index is 426. The van der Waals surface area contributed by atoms with E-state index in [1.165, 1.54) is 5.56 Å². The minimum atomic E-state index is 0.238. The predicted molar refractivity (Wildman–Crippen MR) is 71.0 cm³/mol. The van der Waals surface area contributed by atoms with Crippen LogP contribution in [0.2, 0.25) is 0 Å². The Labute approximate surface area is 103 Å². The molecule has 1 aromatic rings. The van der Waals surface area contributed by atoms with Crippen LogP contribution in [-0.2, 0) is 11.2 Å². The van der Waals surface area contributed by atoms with Gasteiger partial charge in [-0.3, -0.25) is 4.79 Å². The number of anilines is 2. The number of amides is 1. The monoisotopic (exact) mass is 232 g/mol. The summed E-state index contributed by atoms with van der Waals surface area (Å²) in [6, 6.07) is 5.86. The van der Waals surface area contributed by atoms with Gasteiger partial charge in [-0.15, -0.1) is 0 Å². The molecule has 17 heavy (non-hydrogen) atoms. The minimum Gasteiger partial charge on any atom is -0.399 e. The van der Waals surface area contributed by atoms with Crippen LogP contribution >= 0.6 is 0 Å². The van der Waals surface area contributed by atoms with Crippen molar-refractivity contribution in [2.75, 3.05) is 17.2 Å². The summed E-state index contributed by atoms with van der Waals surface area (Å²) in [5.74, 6) is 0.713. The predicted octanol–water partition coefficient (Wildman–Crippen LogP) is 2.59. The molecular weight excluding hydrogens is 212 g/mol. The molecule has 1 aromatic carbocycles. The van der Waals surface area contributed by atoms with Crippen molar-refractivity contribution in [2.24, 2.45) is 5.92 Å². The highest BCUT2D eigenvalue weighted by atomic mass is 16.2. The zero-order valence-electron chi connectivity index (χ0n) is 10.6. The van der Waals surface area contributed by atoms with Crippen LogP contribution in [0.25, 0.3) is 0 Å². The normalized spacial score (nSPS) is 15.9. The van der Waals surface area contributed by atoms with Crippen molar-refractivity contribution in [3.63, 3.8) is 0 Å². The summed E-state index contributed by atoms with van der Waals surface area (Å²) in [4.78, 5) is 14.0. The molecule has 0 atom stereocenters. The SMILES string of the molecule is CC(C)CN1C(=O)CCCc2cc(N)ccc21. The summed E-state index contributed by atoms with van der Waals surface area (Å²) in [7, 11) is 0. The lowest BCUT2D eigenvalue weighted by molar-refractivity contribution is -0.118. The third-order valence-electron chi connectivity index (χ3n) is 3.08. The summed E-state index contributed by atoms with van der Waals surface area (Å²) in [5, 5.41) is 0. The fourth-order valence-electron chi connectivity index (χ4n) is 2.33. The number of benzene rings is 1. The van der Waals surface area contributed by atoms with E-state index in [0.717, 1.165) is 30.8 Å². The van der Waals surface area contributed by atoms with Crippen molar-refractivity contribution in [1.29, 1.82) is 0 Å². The Kier molecular flexibility index (Phi) is 3.36. The molecular formula is C14H20N2O. The zero-order valence-corrected chi connectivity index (χ0v) is 10.6. The number of carbonyl (C=O) groups is 1. The van der Waals surface area contributed by atoms with Gasteiger partial charge in [-0.2, -0.15) is 0 Å². The van der Waals surface area contributed by atoms with Gasteiger partial charge in [0.1, 0.15) is 0 Å². The molecule has 0 fully saturated rings. The van der Waals surface area contributed by atoms with Gasteiger partial charge in [0, 0.05) is 24.3 Å². The van der Waals surface area contributed by atoms with E-state index < -0.39 is 0 Å². The number of rotatable bonds is 2. The number of nitrogens with two attached hydrogens (primary N) is 1. The first-order valence-corrected chi connectivity index (χ1v) is 6.26. The number of nitrogen functional groups attached to an aromatic ring is 1. The van der Waals surface area contributed by atoms with Gasteiger partial charge >= 0.3 is 0 Å². The Hall–Kier alpha value is -1.51. The molecule has 2 N–H and O–H groups in total. The molecule has 3 nitrogen and oxygen atoms in total. The van der Waals surface area contributed by atoms with Gasteiger partial charge in [0.2, 0.25) is 5.91 Å². The van der Waals surface area contributed by atoms with Gasteiger partial charge in [0.15, 0.2) is 0 Å². The standard InChI is InChI=1S/C14H20N2O/c1-10(2)9-16-13-7-6-12(15)8-11(13)4-3-5-14(16)17/h6-8,10H,3-5,9,15H2,1-2H3. The van der Waals surface area contributed by atoms with E-state index in [4.69, 9.17) is 5.73 Å². The van der Waals surface area contributed by atoms with Crippen molar-refractivity contribution in [1.82, 2.24) is 0 Å². The highest BCUT2D eigenvalue weighted by molar-refractivity contribution is 5.95. The van der Waals surface area contributed by atoms with E-state index in [0.29, 0.717) is 12.3 Å². The third-order valence-corrected chi connectivity index (χ3v) is 3.08. The smallest absolute Gasteiger partial charge is 0.227 e. The highest BCUT2D eigenvalue weighted by Crippen LogP contribution is 2.29. The molecule has 1 heterocycles. The maximum atomic E-state index is 12.1. The van der Waals surface area contributed by atoms with Crippen LogP contribution in [0.3, 0.4) is 0 Å². The second kappa shape index (κ2) is 4.78. The van der Waals surface area contributed by atoms with Crippen LogP contribution in [0.4, 0.5) is 11.4 Å². The van der Waals surface area contributed by atoms with E-state index >= 15 is 0 Å². The summed E-state index contributed by atoms with van der Waals surface area (Å²) in [5.41, 5.74) is 8.85. The van der Waals surface area contributed by atoms with Gasteiger partial charge in [-0.25, -0.2) is 0 Å². The molecule has 0 saturated heterocycles. The molecule has 92 valence electrons. The summed E-state index contributed by atoms with van der Waals surface area (Å²) in [6.07, 6.45) is 2.51. The fraction of sp³-hybridized carbons (Fsp3) is 0.500. The van der Waals surface area contributed by atoms with Gasteiger partial charge in [-0.05, 0) is 42.5 Å². The second-order valence-corrected chi connectivity index (χ2v) is 5.14. The summed E-state index contributed by atoms with van der Waals surface area (Å²) >= 11 is 0. The van der Waals surface area contributed by atoms with E-state index in [1.807, 2.05) is 23.1 Å². The van der Waals surface area contributed by atoms with E-state index in [1.54, 1.807) is 0 Å². The first-order chi connectivity index (χ1) is 8.08. The zero-order chi connectivity index (χ0) is 12.4. The number of aryl methyl sites for hydroxylation is 1. The molecule has 1 aliphatic heterocycles. The minimum absolute atomic E-state index is 0.238. The Morgan fingerprint density at radius 3 is 2.82 bits per heavy atom. The Morgan fingerprint density at radius 2 is 2.12 bits per heavy atom. The average Bonchev–Trinajstić information content (AvgIpc) is 2.39. The number of carbonyl (C=O) groups excluding carboxylic acids is 1. The van der Waals surface area contributed by atoms with Crippen molar-refractivity contribution in [2.45, 2.75) is 33.1 Å². The quantitative estimate of drug-likeness (QED) is 0.797. The van der Waals surface area contributed by atoms with Crippen LogP contribution in [0.15, 0.2) is 18.2 Å². The van der Waals surface area contributed by atoms with Gasteiger partial charge in [-0.1, -0.05) is 13.8 Å². The van der Waals surface area contributed by atoms with Crippen LogP contribution in [0.5, 0.6) is 0 Å². The topological polar surface area (TPSA) is 46.3 Å². The molecule has 0 radical (unpaired) electrons. The van der Waals surface area contributed by atoms with Crippen LogP contribution in [0.1, 0.15) is 32.3 Å². The second-order valence-electron chi connectivity index (χ2n) is 5.14. The number of fused-ring (bicyclic) bond motifs is 1. The molecule has 0 saturated carbocycles. The first kappa shape index (κ1) is 12.0. The van der Waals surface area contributed by atoms with E-state index in [9.17, 15) is 4.79 Å². The highest BCUT2D eigenvalue weighted by Gasteiger charge is 2.22. The molecule has 0 bridgehead atoms. The molecule has 0 spiro atoms. The van der Waals surface area contributed by atoms with Crippen molar-refractivity contribution in [3.05, 3.63) is 23.8 Å². The van der Waals surface area contributed by atoms with Gasteiger partial charge < -0.3 is 10.6 Å². The molecule has 0 aromatic heterocycles. The Morgan fingerprint density at radius 1 is 1.35 bits per heavy atom. The third kappa shape index (κ3) is 2.60. The fourth-order valence-corrected chi connectivity index (χ4v) is 2.33. The summed E-state index contributed by atoms with van der Waals surface area (Å²) in [6.45, 7) is 5.06. The van der Waals surface area contributed by atoms with Crippen molar-refractivity contribution >= 4 is 17.3 Å². The molecule has 0 unspecified atom stereocenters. The lowest BCUT2D eigenvalue weighted by atomic mass is 10.1. The van der Waals surface area contributed by atoms with Crippen LogP contribution < -0.4 is 10.6 Å². The largest absolute Gasteiger partial charge is 0.399 e. The van der Waals surface area contributed by atoms with Crippen molar-refractivity contribution in [3.8, 4) is 0 Å². The van der Waals surface area contributed by atoms with E-state index in [2.05, 4.69) is 13.8 Å². The maximum absolute atomic E-state index is 12.1. The summed E-state index contributed by atoms with van der Waals surface area (Å²) < 4.78 is 0. The molecule has 1 amide bonds. The van der Waals surface area contributed by atoms with Crippen molar-refractivity contribution < 1.29 is 4.79 Å². The maximum Gasteiger partial charge on any atom is 0.227 e. The Balaban J connectivity index is 2.39. The van der Waals surface area contributed by atoms with Crippen LogP contribution in [0, 0.1) is 5.92 Å². The van der Waals surface area contributed by atoms with Gasteiger partial charge in [0.25, 0.3) is 0 Å². The number of hydrogen-bond donors (Lipinski definition) is 1. The molecule has 2 rings (SSSR count). The molecule has 3 heteroatoms. The molecule has 1 aliphatic rings. The van der Waals surface area contributed by atoms with Gasteiger partial charge in [0.05, 0.1) is 0 Å². The van der Waals surface area contributed by atoms with Crippen LogP contribution in [-0.4, -0.2) is 12.5 Å². The number of hydrogen-bond acceptors (Lipinski definition) is 2. The molecule has 0 aliphatic carbocycles. The lowest BCUT2D eigenvalue weighted by Crippen LogP contribution is -2.33.